The van der Waals surface area contributed by atoms with Crippen LogP contribution in [0.1, 0.15) is 31.0 Å². The van der Waals surface area contributed by atoms with Crippen molar-refractivity contribution in [2.75, 3.05) is 0 Å². The smallest absolute Gasteiger partial charge is 0.129 e. The number of ether oxygens (including phenoxy) is 1. The Morgan fingerprint density at radius 2 is 1.95 bits per heavy atom. The van der Waals surface area contributed by atoms with E-state index in [-0.39, 0.29) is 6.10 Å². The van der Waals surface area contributed by atoms with Crippen LogP contribution in [0.15, 0.2) is 42.5 Å². The van der Waals surface area contributed by atoms with Gasteiger partial charge in [-0.25, -0.2) is 9.82 Å². The number of halogens is 2. The molecule has 0 spiro atoms. The lowest BCUT2D eigenvalue weighted by atomic mass is 9.98. The molecule has 1 unspecified atom stereocenters. The molecule has 5 heteroatoms. The topological polar surface area (TPSA) is 47.3 Å². The second kappa shape index (κ2) is 6.89. The highest BCUT2D eigenvalue weighted by Gasteiger charge is 2.17. The standard InChI is InChI=1S/C16H18ClFN2O/c1-10(2)21-13-5-3-4-11(8-13)16(20-19)14-7-6-12(17)9-15(14)18/h3-10,16,20H,19H2,1-2H3. The summed E-state index contributed by atoms with van der Waals surface area (Å²) in [5, 5.41) is 0.351. The van der Waals surface area contributed by atoms with E-state index in [4.69, 9.17) is 22.2 Å². The van der Waals surface area contributed by atoms with Gasteiger partial charge in [0, 0.05) is 10.6 Å². The van der Waals surface area contributed by atoms with Gasteiger partial charge in [-0.2, -0.15) is 0 Å². The summed E-state index contributed by atoms with van der Waals surface area (Å²) in [4.78, 5) is 0. The van der Waals surface area contributed by atoms with Crippen LogP contribution in [0.2, 0.25) is 5.02 Å². The summed E-state index contributed by atoms with van der Waals surface area (Å²) < 4.78 is 19.7. The van der Waals surface area contributed by atoms with E-state index in [0.29, 0.717) is 10.6 Å². The zero-order chi connectivity index (χ0) is 15.4. The van der Waals surface area contributed by atoms with Crippen molar-refractivity contribution < 1.29 is 9.13 Å². The van der Waals surface area contributed by atoms with Gasteiger partial charge in [0.25, 0.3) is 0 Å². The van der Waals surface area contributed by atoms with Crippen molar-refractivity contribution in [3.8, 4) is 5.75 Å². The quantitative estimate of drug-likeness (QED) is 0.652. The molecule has 0 amide bonds. The number of nitrogens with one attached hydrogen (secondary N) is 1. The molecule has 0 aromatic heterocycles. The zero-order valence-electron chi connectivity index (χ0n) is 11.9. The van der Waals surface area contributed by atoms with E-state index in [0.717, 1.165) is 11.3 Å². The number of nitrogens with two attached hydrogens (primary N) is 1. The maximum absolute atomic E-state index is 14.1. The average molecular weight is 309 g/mol. The van der Waals surface area contributed by atoms with Crippen LogP contribution in [0.25, 0.3) is 0 Å². The summed E-state index contributed by atoms with van der Waals surface area (Å²) in [6.07, 6.45) is 0.0665. The molecule has 3 N–H and O–H groups in total. The molecule has 0 aliphatic rings. The van der Waals surface area contributed by atoms with E-state index >= 15 is 0 Å². The second-order valence-corrected chi connectivity index (χ2v) is 5.44. The normalized spacial score (nSPS) is 12.5. The number of hydrazine groups is 1. The maximum Gasteiger partial charge on any atom is 0.129 e. The van der Waals surface area contributed by atoms with E-state index in [2.05, 4.69) is 5.43 Å². The Labute approximate surface area is 128 Å². The molecule has 0 heterocycles. The third-order valence-electron chi connectivity index (χ3n) is 3.00. The summed E-state index contributed by atoms with van der Waals surface area (Å²) in [6.45, 7) is 3.90. The highest BCUT2D eigenvalue weighted by atomic mass is 35.5. The van der Waals surface area contributed by atoms with Crippen LogP contribution >= 0.6 is 11.6 Å². The van der Waals surface area contributed by atoms with E-state index < -0.39 is 11.9 Å². The van der Waals surface area contributed by atoms with E-state index in [1.54, 1.807) is 12.1 Å². The molecule has 112 valence electrons. The summed E-state index contributed by atoms with van der Waals surface area (Å²) in [6, 6.07) is 11.5. The minimum absolute atomic E-state index is 0.0665. The van der Waals surface area contributed by atoms with Gasteiger partial charge in [-0.3, -0.25) is 5.84 Å². The lowest BCUT2D eigenvalue weighted by molar-refractivity contribution is 0.242. The predicted octanol–water partition coefficient (Wildman–Crippen LogP) is 3.82. The van der Waals surface area contributed by atoms with Crippen LogP contribution in [0, 0.1) is 5.82 Å². The second-order valence-electron chi connectivity index (χ2n) is 5.00. The number of benzene rings is 2. The lowest BCUT2D eigenvalue weighted by Gasteiger charge is -2.19. The number of hydrogen-bond acceptors (Lipinski definition) is 3. The lowest BCUT2D eigenvalue weighted by Crippen LogP contribution is -2.29. The van der Waals surface area contributed by atoms with E-state index in [1.165, 1.54) is 6.07 Å². The van der Waals surface area contributed by atoms with Crippen molar-refractivity contribution in [3.05, 3.63) is 64.4 Å². The molecule has 1 atom stereocenters. The van der Waals surface area contributed by atoms with Crippen molar-refractivity contribution in [3.63, 3.8) is 0 Å². The Bertz CT molecular complexity index is 619. The third-order valence-corrected chi connectivity index (χ3v) is 3.24. The minimum atomic E-state index is -0.474. The maximum atomic E-state index is 14.1. The molecule has 2 aromatic rings. The minimum Gasteiger partial charge on any atom is -0.491 e. The number of rotatable bonds is 5. The Kier molecular flexibility index (Phi) is 5.17. The van der Waals surface area contributed by atoms with E-state index in [9.17, 15) is 4.39 Å². The molecule has 0 bridgehead atoms. The van der Waals surface area contributed by atoms with Gasteiger partial charge in [0.2, 0.25) is 0 Å². The van der Waals surface area contributed by atoms with Gasteiger partial charge < -0.3 is 4.74 Å². The van der Waals surface area contributed by atoms with Crippen molar-refractivity contribution in [1.29, 1.82) is 0 Å². The first-order valence-corrected chi connectivity index (χ1v) is 7.06. The fourth-order valence-electron chi connectivity index (χ4n) is 2.14. The third kappa shape index (κ3) is 3.94. The van der Waals surface area contributed by atoms with Crippen LogP contribution in [0.4, 0.5) is 4.39 Å². The summed E-state index contributed by atoms with van der Waals surface area (Å²) in [5.41, 5.74) is 3.89. The average Bonchev–Trinajstić information content (AvgIpc) is 2.41. The van der Waals surface area contributed by atoms with Crippen LogP contribution in [0.3, 0.4) is 0 Å². The SMILES string of the molecule is CC(C)Oc1cccc(C(NN)c2ccc(Cl)cc2F)c1. The van der Waals surface area contributed by atoms with Crippen LogP contribution in [-0.2, 0) is 0 Å². The molecule has 0 aliphatic carbocycles. The van der Waals surface area contributed by atoms with Gasteiger partial charge in [0.15, 0.2) is 0 Å². The van der Waals surface area contributed by atoms with Crippen molar-refractivity contribution in [2.24, 2.45) is 5.84 Å². The molecule has 0 aliphatic heterocycles. The summed E-state index contributed by atoms with van der Waals surface area (Å²) in [7, 11) is 0. The largest absolute Gasteiger partial charge is 0.491 e. The molecule has 2 rings (SSSR count). The zero-order valence-corrected chi connectivity index (χ0v) is 12.7. The summed E-state index contributed by atoms with van der Waals surface area (Å²) >= 11 is 5.78. The van der Waals surface area contributed by atoms with Crippen LogP contribution < -0.4 is 16.0 Å². The van der Waals surface area contributed by atoms with Crippen molar-refractivity contribution in [1.82, 2.24) is 5.43 Å². The molecule has 3 nitrogen and oxygen atoms in total. The van der Waals surface area contributed by atoms with Gasteiger partial charge in [0.05, 0.1) is 12.1 Å². The van der Waals surface area contributed by atoms with Gasteiger partial charge in [-0.05, 0) is 43.7 Å². The van der Waals surface area contributed by atoms with Gasteiger partial charge in [0.1, 0.15) is 11.6 Å². The molecular formula is C16H18ClFN2O. The van der Waals surface area contributed by atoms with Crippen LogP contribution in [-0.4, -0.2) is 6.10 Å². The van der Waals surface area contributed by atoms with Crippen molar-refractivity contribution >= 4 is 11.6 Å². The predicted molar refractivity (Wildman–Crippen MR) is 82.8 cm³/mol. The summed E-state index contributed by atoms with van der Waals surface area (Å²) in [5.74, 6) is 5.92. The van der Waals surface area contributed by atoms with Gasteiger partial charge in [-0.15, -0.1) is 0 Å². The first kappa shape index (κ1) is 15.8. The van der Waals surface area contributed by atoms with Crippen LogP contribution in [0.5, 0.6) is 5.75 Å². The molecule has 2 aromatic carbocycles. The van der Waals surface area contributed by atoms with Gasteiger partial charge >= 0.3 is 0 Å². The Morgan fingerprint density at radius 1 is 1.19 bits per heavy atom. The first-order chi connectivity index (χ1) is 10.0. The number of hydrogen-bond donors (Lipinski definition) is 2. The first-order valence-electron chi connectivity index (χ1n) is 6.69. The fraction of sp³-hybridized carbons (Fsp3) is 0.250. The van der Waals surface area contributed by atoms with Crippen molar-refractivity contribution in [2.45, 2.75) is 26.0 Å². The molecule has 0 saturated heterocycles. The highest BCUT2D eigenvalue weighted by Crippen LogP contribution is 2.28. The Morgan fingerprint density at radius 3 is 2.57 bits per heavy atom. The Hall–Kier alpha value is -1.62. The van der Waals surface area contributed by atoms with Gasteiger partial charge in [-0.1, -0.05) is 29.8 Å². The molecular weight excluding hydrogens is 291 g/mol. The molecule has 0 radical (unpaired) electrons. The molecule has 0 saturated carbocycles. The highest BCUT2D eigenvalue weighted by molar-refractivity contribution is 6.30. The molecule has 21 heavy (non-hydrogen) atoms. The Balaban J connectivity index is 2.37. The van der Waals surface area contributed by atoms with E-state index in [1.807, 2.05) is 38.1 Å². The fourth-order valence-corrected chi connectivity index (χ4v) is 2.30. The molecule has 0 fully saturated rings. The monoisotopic (exact) mass is 308 g/mol.